The number of rotatable bonds is 8. The molecule has 10 nitrogen and oxygen atoms in total. The Morgan fingerprint density at radius 1 is 1.23 bits per heavy atom. The van der Waals surface area contributed by atoms with E-state index in [-0.39, 0.29) is 11.8 Å². The van der Waals surface area contributed by atoms with Gasteiger partial charge in [-0.3, -0.25) is 0 Å². The van der Waals surface area contributed by atoms with Crippen LogP contribution in [0.4, 0.5) is 5.95 Å². The monoisotopic (exact) mass is 419 g/mol. The normalized spacial score (nSPS) is 13.9. The number of anilines is 1. The predicted molar refractivity (Wildman–Crippen MR) is 115 cm³/mol. The summed E-state index contributed by atoms with van der Waals surface area (Å²) in [5.41, 5.74) is -0.372. The summed E-state index contributed by atoms with van der Waals surface area (Å²) < 4.78 is 11.8. The van der Waals surface area contributed by atoms with E-state index >= 15 is 0 Å². The van der Waals surface area contributed by atoms with Gasteiger partial charge in [-0.25, -0.2) is 14.5 Å². The first-order valence-corrected chi connectivity index (χ1v) is 10.4. The molecule has 0 atom stereocenters. The van der Waals surface area contributed by atoms with Crippen molar-refractivity contribution < 1.29 is 9.47 Å². The van der Waals surface area contributed by atoms with Crippen molar-refractivity contribution in [3.05, 3.63) is 28.9 Å². The van der Waals surface area contributed by atoms with Gasteiger partial charge in [0.25, 0.3) is 0 Å². The molecule has 0 spiro atoms. The Hall–Kier alpha value is -2.75. The van der Waals surface area contributed by atoms with Crippen molar-refractivity contribution in [2.75, 3.05) is 38.7 Å². The van der Waals surface area contributed by atoms with Gasteiger partial charge in [-0.15, -0.1) is 0 Å². The standard InChI is InChI=1S/C10H18N4O.C10H15N3O2/c1-4-11-7-8-14(2)10-12-6-5-9(13-10)15-3;1-13-10(14)12-9(7-11-13)15-8-5-3-2-4-6-8/h5-6,11H,4,7-8H2,1-3H3;7-8H,2-6H2,1H3. The summed E-state index contributed by atoms with van der Waals surface area (Å²) in [6.45, 7) is 4.86. The number of ether oxygens (including phenoxy) is 2. The summed E-state index contributed by atoms with van der Waals surface area (Å²) in [6.07, 6.45) is 9.18. The lowest BCUT2D eigenvalue weighted by Crippen LogP contribution is -2.30. The molecule has 1 aliphatic carbocycles. The van der Waals surface area contributed by atoms with Crippen LogP contribution in [0.2, 0.25) is 0 Å². The van der Waals surface area contributed by atoms with Crippen LogP contribution in [-0.4, -0.2) is 64.6 Å². The highest BCUT2D eigenvalue weighted by Gasteiger charge is 2.15. The zero-order chi connectivity index (χ0) is 21.8. The fourth-order valence-electron chi connectivity index (χ4n) is 2.94. The van der Waals surface area contributed by atoms with Crippen molar-refractivity contribution >= 4 is 5.95 Å². The molecule has 0 saturated heterocycles. The number of hydrogen-bond acceptors (Lipinski definition) is 9. The van der Waals surface area contributed by atoms with Gasteiger partial charge in [-0.1, -0.05) is 13.3 Å². The highest BCUT2D eigenvalue weighted by molar-refractivity contribution is 5.30. The molecule has 2 heterocycles. The van der Waals surface area contributed by atoms with Crippen molar-refractivity contribution in [1.82, 2.24) is 30.0 Å². The number of methoxy groups -OCH3 is 1. The number of nitrogens with one attached hydrogen (secondary N) is 1. The SMILES string of the molecule is CCNCCN(C)c1nccc(OC)n1.Cn1ncc(OC2CCCCC2)nc1=O. The lowest BCUT2D eigenvalue weighted by molar-refractivity contribution is 0.146. The highest BCUT2D eigenvalue weighted by Crippen LogP contribution is 2.21. The van der Waals surface area contributed by atoms with E-state index in [1.54, 1.807) is 26.4 Å². The van der Waals surface area contributed by atoms with E-state index in [0.717, 1.165) is 32.5 Å². The quantitative estimate of drug-likeness (QED) is 0.636. The average Bonchev–Trinajstić information content (AvgIpc) is 2.77. The van der Waals surface area contributed by atoms with E-state index in [2.05, 4.69) is 32.3 Å². The van der Waals surface area contributed by atoms with E-state index in [1.807, 2.05) is 11.9 Å². The Kier molecular flexibility index (Phi) is 9.99. The van der Waals surface area contributed by atoms with Gasteiger partial charge >= 0.3 is 5.69 Å². The second kappa shape index (κ2) is 12.7. The van der Waals surface area contributed by atoms with Gasteiger partial charge in [-0.2, -0.15) is 15.1 Å². The third kappa shape index (κ3) is 7.94. The van der Waals surface area contributed by atoms with Crippen LogP contribution in [0.1, 0.15) is 39.0 Å². The van der Waals surface area contributed by atoms with Crippen molar-refractivity contribution in [1.29, 1.82) is 0 Å². The minimum atomic E-state index is -0.372. The Balaban J connectivity index is 0.000000214. The zero-order valence-electron chi connectivity index (χ0n) is 18.4. The molecule has 1 fully saturated rings. The zero-order valence-corrected chi connectivity index (χ0v) is 18.4. The summed E-state index contributed by atoms with van der Waals surface area (Å²) in [7, 11) is 5.14. The summed E-state index contributed by atoms with van der Waals surface area (Å²) in [5, 5.41) is 7.11. The maximum Gasteiger partial charge on any atom is 0.367 e. The van der Waals surface area contributed by atoms with E-state index in [4.69, 9.17) is 9.47 Å². The lowest BCUT2D eigenvalue weighted by Gasteiger charge is -2.21. The number of aryl methyl sites for hydroxylation is 1. The van der Waals surface area contributed by atoms with E-state index in [9.17, 15) is 4.79 Å². The van der Waals surface area contributed by atoms with Crippen molar-refractivity contribution in [2.45, 2.75) is 45.1 Å². The molecule has 0 amide bonds. The van der Waals surface area contributed by atoms with Crippen LogP contribution in [0.25, 0.3) is 0 Å². The molecule has 2 aromatic rings. The third-order valence-corrected chi connectivity index (χ3v) is 4.71. The van der Waals surface area contributed by atoms with Gasteiger partial charge in [0.2, 0.25) is 17.7 Å². The van der Waals surface area contributed by atoms with Crippen LogP contribution in [0, 0.1) is 0 Å². The maximum atomic E-state index is 11.2. The summed E-state index contributed by atoms with van der Waals surface area (Å²) in [6, 6.07) is 1.74. The largest absolute Gasteiger partial charge is 0.481 e. The topological polar surface area (TPSA) is 107 Å². The van der Waals surface area contributed by atoms with Crippen molar-refractivity contribution in [3.63, 3.8) is 0 Å². The Morgan fingerprint density at radius 2 is 2.00 bits per heavy atom. The molecule has 2 aromatic heterocycles. The van der Waals surface area contributed by atoms with Crippen LogP contribution in [0.15, 0.2) is 23.3 Å². The van der Waals surface area contributed by atoms with Crippen molar-refractivity contribution in [3.8, 4) is 11.8 Å². The molecular formula is C20H33N7O3. The Morgan fingerprint density at radius 3 is 2.67 bits per heavy atom. The number of likely N-dealkylation sites (N-methyl/N-ethyl adjacent to an activating group) is 2. The molecule has 1 saturated carbocycles. The molecule has 0 bridgehead atoms. The van der Waals surface area contributed by atoms with Gasteiger partial charge in [0, 0.05) is 39.4 Å². The fraction of sp³-hybridized carbons (Fsp3) is 0.650. The summed E-state index contributed by atoms with van der Waals surface area (Å²) in [4.78, 5) is 25.4. The van der Waals surface area contributed by atoms with Crippen molar-refractivity contribution in [2.24, 2.45) is 7.05 Å². The van der Waals surface area contributed by atoms with Crippen LogP contribution >= 0.6 is 0 Å². The third-order valence-electron chi connectivity index (χ3n) is 4.71. The lowest BCUT2D eigenvalue weighted by atomic mass is 9.98. The van der Waals surface area contributed by atoms with E-state index in [1.165, 1.54) is 30.1 Å². The number of aromatic nitrogens is 5. The minimum Gasteiger partial charge on any atom is -0.481 e. The van der Waals surface area contributed by atoms with Crippen LogP contribution in [0.3, 0.4) is 0 Å². The average molecular weight is 420 g/mol. The highest BCUT2D eigenvalue weighted by atomic mass is 16.5. The van der Waals surface area contributed by atoms with Gasteiger partial charge < -0.3 is 19.7 Å². The fourth-order valence-corrected chi connectivity index (χ4v) is 2.94. The molecule has 0 radical (unpaired) electrons. The van der Waals surface area contributed by atoms with Gasteiger partial charge in [0.1, 0.15) is 12.3 Å². The molecule has 10 heteroatoms. The summed E-state index contributed by atoms with van der Waals surface area (Å²) >= 11 is 0. The Labute approximate surface area is 177 Å². The molecule has 30 heavy (non-hydrogen) atoms. The molecule has 3 rings (SSSR count). The first kappa shape index (κ1) is 23.5. The van der Waals surface area contributed by atoms with Crippen LogP contribution < -0.4 is 25.4 Å². The summed E-state index contributed by atoms with van der Waals surface area (Å²) in [5.74, 6) is 1.63. The predicted octanol–water partition coefficient (Wildman–Crippen LogP) is 1.42. The number of nitrogens with zero attached hydrogens (tertiary/aromatic N) is 6. The second-order valence-electron chi connectivity index (χ2n) is 7.05. The van der Waals surface area contributed by atoms with Gasteiger partial charge in [-0.05, 0) is 32.2 Å². The molecule has 166 valence electrons. The minimum absolute atomic E-state index is 0.208. The molecule has 1 aliphatic rings. The Bertz CT molecular complexity index is 809. The van der Waals surface area contributed by atoms with Crippen LogP contribution in [0.5, 0.6) is 11.8 Å². The smallest absolute Gasteiger partial charge is 0.367 e. The van der Waals surface area contributed by atoms with Crippen LogP contribution in [-0.2, 0) is 7.05 Å². The molecule has 1 N–H and O–H groups in total. The molecule has 0 unspecified atom stereocenters. The second-order valence-corrected chi connectivity index (χ2v) is 7.05. The van der Waals surface area contributed by atoms with Gasteiger partial charge in [0.05, 0.1) is 7.11 Å². The molecular weight excluding hydrogens is 386 g/mol. The first-order valence-electron chi connectivity index (χ1n) is 10.4. The van der Waals surface area contributed by atoms with Gasteiger partial charge in [0.15, 0.2) is 0 Å². The number of hydrogen-bond donors (Lipinski definition) is 1. The maximum absolute atomic E-state index is 11.2. The van der Waals surface area contributed by atoms with E-state index in [0.29, 0.717) is 17.7 Å². The first-order chi connectivity index (χ1) is 14.5. The molecule has 0 aliphatic heterocycles. The van der Waals surface area contributed by atoms with E-state index < -0.39 is 0 Å². The molecule has 0 aromatic carbocycles.